The molecule has 3 nitrogen and oxygen atoms in total. The third kappa shape index (κ3) is 6.99. The van der Waals surface area contributed by atoms with Gasteiger partial charge in [0.15, 0.2) is 0 Å². The van der Waals surface area contributed by atoms with Crippen LogP contribution in [0, 0.1) is 5.92 Å². The van der Waals surface area contributed by atoms with Crippen LogP contribution < -0.4 is 5.43 Å². The molecule has 0 spiro atoms. The van der Waals surface area contributed by atoms with Gasteiger partial charge < -0.3 is 0 Å². The lowest BCUT2D eigenvalue weighted by Gasteiger charge is -2.00. The predicted molar refractivity (Wildman–Crippen MR) is 50.9 cm³/mol. The lowest BCUT2D eigenvalue weighted by Crippen LogP contribution is -2.18. The van der Waals surface area contributed by atoms with E-state index in [9.17, 15) is 4.79 Å². The summed E-state index contributed by atoms with van der Waals surface area (Å²) in [4.78, 5) is 11.0. The predicted octanol–water partition coefficient (Wildman–Crippen LogP) is 1.71. The second kappa shape index (κ2) is 6.58. The lowest BCUT2D eigenvalue weighted by atomic mass is 10.1. The number of hydrazone groups is 1. The first-order valence-electron chi connectivity index (χ1n) is 4.10. The number of amides is 1. The molecule has 0 aliphatic rings. The van der Waals surface area contributed by atoms with E-state index in [4.69, 9.17) is 0 Å². The Morgan fingerprint density at radius 3 is 2.75 bits per heavy atom. The van der Waals surface area contributed by atoms with Gasteiger partial charge in [0.05, 0.1) is 0 Å². The van der Waals surface area contributed by atoms with E-state index in [0.29, 0.717) is 12.3 Å². The second-order valence-electron chi connectivity index (χ2n) is 2.94. The zero-order valence-electron chi connectivity index (χ0n) is 7.87. The maximum Gasteiger partial charge on any atom is 0.240 e. The van der Waals surface area contributed by atoms with Crippen LogP contribution in [0.15, 0.2) is 17.3 Å². The average molecular weight is 168 g/mol. The molecule has 0 saturated carbocycles. The first-order chi connectivity index (χ1) is 5.66. The number of hydrogen-bond acceptors (Lipinski definition) is 2. The van der Waals surface area contributed by atoms with Crippen LogP contribution in [0.3, 0.4) is 0 Å². The minimum atomic E-state index is -0.0363. The van der Waals surface area contributed by atoms with E-state index < -0.39 is 0 Å². The summed E-state index contributed by atoms with van der Waals surface area (Å²) in [6.45, 7) is 5.88. The highest BCUT2D eigenvalue weighted by Crippen LogP contribution is 1.97. The summed E-state index contributed by atoms with van der Waals surface area (Å²) in [6, 6.07) is 0. The van der Waals surface area contributed by atoms with Gasteiger partial charge >= 0.3 is 0 Å². The number of nitrogens with one attached hydrogen (secondary N) is 1. The summed E-state index contributed by atoms with van der Waals surface area (Å²) in [5.74, 6) is 0.340. The maximum atomic E-state index is 11.0. The smallest absolute Gasteiger partial charge is 0.240 e. The molecular weight excluding hydrogens is 152 g/mol. The van der Waals surface area contributed by atoms with Crippen LogP contribution in [0.4, 0.5) is 0 Å². The van der Waals surface area contributed by atoms with Crippen molar-refractivity contribution >= 4 is 12.1 Å². The number of hydrogen-bond donors (Lipinski definition) is 1. The third-order valence-corrected chi connectivity index (χ3v) is 1.14. The summed E-state index contributed by atoms with van der Waals surface area (Å²) in [5.41, 5.74) is 2.43. The molecule has 0 bridgehead atoms. The largest absolute Gasteiger partial charge is 0.273 e. The maximum absolute atomic E-state index is 11.0. The van der Waals surface area contributed by atoms with Crippen molar-refractivity contribution in [1.29, 1.82) is 0 Å². The highest BCUT2D eigenvalue weighted by atomic mass is 16.2. The van der Waals surface area contributed by atoms with Crippen LogP contribution in [0.1, 0.15) is 27.2 Å². The molecule has 0 aliphatic heterocycles. The van der Waals surface area contributed by atoms with Gasteiger partial charge in [-0.25, -0.2) is 5.43 Å². The van der Waals surface area contributed by atoms with Gasteiger partial charge in [0.25, 0.3) is 0 Å². The molecule has 0 aromatic carbocycles. The van der Waals surface area contributed by atoms with Crippen molar-refractivity contribution in [2.75, 3.05) is 0 Å². The first-order valence-corrected chi connectivity index (χ1v) is 4.10. The Balaban J connectivity index is 3.57. The van der Waals surface area contributed by atoms with Gasteiger partial charge in [0.2, 0.25) is 5.91 Å². The van der Waals surface area contributed by atoms with Crippen molar-refractivity contribution in [3.63, 3.8) is 0 Å². The van der Waals surface area contributed by atoms with Crippen LogP contribution in [-0.4, -0.2) is 12.1 Å². The molecule has 0 aromatic rings. The van der Waals surface area contributed by atoms with Gasteiger partial charge in [-0.3, -0.25) is 4.79 Å². The van der Waals surface area contributed by atoms with E-state index >= 15 is 0 Å². The molecule has 1 N–H and O–H groups in total. The molecule has 12 heavy (non-hydrogen) atoms. The topological polar surface area (TPSA) is 41.5 Å². The van der Waals surface area contributed by atoms with Gasteiger partial charge in [0.1, 0.15) is 0 Å². The SMILES string of the molecule is CC=CC=NNC(=O)CC(C)C. The van der Waals surface area contributed by atoms with Crippen LogP contribution >= 0.6 is 0 Å². The van der Waals surface area contributed by atoms with Crippen molar-refractivity contribution < 1.29 is 4.79 Å². The van der Waals surface area contributed by atoms with Crippen LogP contribution in [0.2, 0.25) is 0 Å². The Morgan fingerprint density at radius 2 is 2.25 bits per heavy atom. The van der Waals surface area contributed by atoms with Gasteiger partial charge in [-0.1, -0.05) is 19.9 Å². The zero-order chi connectivity index (χ0) is 9.40. The van der Waals surface area contributed by atoms with E-state index in [1.165, 1.54) is 0 Å². The molecule has 0 aliphatic carbocycles. The molecule has 1 amide bonds. The molecule has 3 heteroatoms. The third-order valence-electron chi connectivity index (χ3n) is 1.14. The Morgan fingerprint density at radius 1 is 1.58 bits per heavy atom. The van der Waals surface area contributed by atoms with Gasteiger partial charge in [-0.2, -0.15) is 5.10 Å². The standard InChI is InChI=1S/C9H16N2O/c1-4-5-6-10-11-9(12)7-8(2)3/h4-6,8H,7H2,1-3H3,(H,11,12). The Bertz CT molecular complexity index is 183. The molecule has 0 atom stereocenters. The monoisotopic (exact) mass is 168 g/mol. The van der Waals surface area contributed by atoms with Gasteiger partial charge in [-0.05, 0) is 18.9 Å². The number of rotatable bonds is 4. The summed E-state index contributed by atoms with van der Waals surface area (Å²) < 4.78 is 0. The summed E-state index contributed by atoms with van der Waals surface area (Å²) >= 11 is 0. The van der Waals surface area contributed by atoms with Crippen molar-refractivity contribution in [2.45, 2.75) is 27.2 Å². The van der Waals surface area contributed by atoms with Gasteiger partial charge in [0, 0.05) is 12.6 Å². The molecule has 0 aromatic heterocycles. The molecule has 0 heterocycles. The Hall–Kier alpha value is -1.12. The molecular formula is C9H16N2O. The van der Waals surface area contributed by atoms with E-state index in [-0.39, 0.29) is 5.91 Å². The highest BCUT2D eigenvalue weighted by Gasteiger charge is 2.01. The molecule has 0 rings (SSSR count). The Labute approximate surface area is 73.5 Å². The minimum Gasteiger partial charge on any atom is -0.273 e. The van der Waals surface area contributed by atoms with Crippen molar-refractivity contribution in [3.8, 4) is 0 Å². The van der Waals surface area contributed by atoms with Crippen molar-refractivity contribution in [2.24, 2.45) is 11.0 Å². The Kier molecular flexibility index (Phi) is 5.97. The number of carbonyl (C=O) groups is 1. The van der Waals surface area contributed by atoms with Crippen molar-refractivity contribution in [3.05, 3.63) is 12.2 Å². The van der Waals surface area contributed by atoms with Crippen molar-refractivity contribution in [1.82, 2.24) is 5.43 Å². The number of carbonyl (C=O) groups excluding carboxylic acids is 1. The van der Waals surface area contributed by atoms with E-state index in [1.54, 1.807) is 12.3 Å². The van der Waals surface area contributed by atoms with Crippen LogP contribution in [0.5, 0.6) is 0 Å². The normalized spacial score (nSPS) is 11.7. The summed E-state index contributed by atoms with van der Waals surface area (Å²) in [5, 5.41) is 3.70. The molecule has 0 unspecified atom stereocenters. The summed E-state index contributed by atoms with van der Waals surface area (Å²) in [7, 11) is 0. The van der Waals surface area contributed by atoms with E-state index in [2.05, 4.69) is 10.5 Å². The molecule has 0 fully saturated rings. The fourth-order valence-electron chi connectivity index (χ4n) is 0.655. The quantitative estimate of drug-likeness (QED) is 0.504. The van der Waals surface area contributed by atoms with Crippen LogP contribution in [0.25, 0.3) is 0 Å². The van der Waals surface area contributed by atoms with E-state index in [0.717, 1.165) is 0 Å². The molecule has 0 radical (unpaired) electrons. The zero-order valence-corrected chi connectivity index (χ0v) is 7.87. The van der Waals surface area contributed by atoms with Gasteiger partial charge in [-0.15, -0.1) is 0 Å². The highest BCUT2D eigenvalue weighted by molar-refractivity contribution is 5.78. The minimum absolute atomic E-state index is 0.0363. The fourth-order valence-corrected chi connectivity index (χ4v) is 0.655. The first kappa shape index (κ1) is 10.9. The number of nitrogens with zero attached hydrogens (tertiary/aromatic N) is 1. The average Bonchev–Trinajstić information content (AvgIpc) is 1.97. The lowest BCUT2D eigenvalue weighted by molar-refractivity contribution is -0.121. The molecule has 0 saturated heterocycles. The second-order valence-corrected chi connectivity index (χ2v) is 2.94. The summed E-state index contributed by atoms with van der Waals surface area (Å²) in [6.07, 6.45) is 5.68. The fraction of sp³-hybridized carbons (Fsp3) is 0.556. The van der Waals surface area contributed by atoms with E-state index in [1.807, 2.05) is 26.8 Å². The van der Waals surface area contributed by atoms with Crippen LogP contribution in [-0.2, 0) is 4.79 Å². The molecule has 68 valence electrons. The number of allylic oxidation sites excluding steroid dienone is 2.